The molecule has 6 aromatic carbocycles. The van der Waals surface area contributed by atoms with Crippen LogP contribution >= 0.6 is 0 Å². The first-order valence-corrected chi connectivity index (χ1v) is 14.7. The van der Waals surface area contributed by atoms with Crippen LogP contribution in [0.4, 0.5) is 17.1 Å². The van der Waals surface area contributed by atoms with Crippen molar-refractivity contribution in [3.05, 3.63) is 152 Å². The molecule has 206 valence electrons. The van der Waals surface area contributed by atoms with Crippen LogP contribution < -0.4 is 4.90 Å². The first kappa shape index (κ1) is 24.6. The standard InChI is InChI=1S/C40H25N3O/c1-2-7-29-20-34(18-15-26(29)6-1)43(33-16-13-27(14-17-33)32-12-11-28-10-5-19-41-37(28)22-32)35-24-39-40(42-25-35)36-21-30-8-3-4-9-31(30)23-38(36)44-39/h1-25H. The fourth-order valence-corrected chi connectivity index (χ4v) is 6.26. The number of fused-ring (bicyclic) bond motifs is 6. The Labute approximate surface area is 253 Å². The minimum absolute atomic E-state index is 0.763. The van der Waals surface area contributed by atoms with Gasteiger partial charge in [-0.2, -0.15) is 0 Å². The van der Waals surface area contributed by atoms with Gasteiger partial charge >= 0.3 is 0 Å². The Hall–Kier alpha value is -6.00. The summed E-state index contributed by atoms with van der Waals surface area (Å²) in [6.07, 6.45) is 3.79. The van der Waals surface area contributed by atoms with Crippen molar-refractivity contribution in [2.45, 2.75) is 0 Å². The average molecular weight is 564 g/mol. The van der Waals surface area contributed by atoms with Crippen LogP contribution in [0, 0.1) is 0 Å². The van der Waals surface area contributed by atoms with E-state index in [2.05, 4.69) is 143 Å². The lowest BCUT2D eigenvalue weighted by Crippen LogP contribution is -2.10. The Morgan fingerprint density at radius 3 is 1.98 bits per heavy atom. The topological polar surface area (TPSA) is 42.2 Å². The molecule has 0 saturated heterocycles. The third kappa shape index (κ3) is 4.08. The lowest BCUT2D eigenvalue weighted by atomic mass is 10.0. The largest absolute Gasteiger partial charge is 0.454 e. The van der Waals surface area contributed by atoms with Gasteiger partial charge in [0.1, 0.15) is 11.1 Å². The highest BCUT2D eigenvalue weighted by Crippen LogP contribution is 2.40. The van der Waals surface area contributed by atoms with Crippen molar-refractivity contribution in [2.75, 3.05) is 4.90 Å². The number of benzene rings is 6. The number of nitrogens with zero attached hydrogens (tertiary/aromatic N) is 3. The van der Waals surface area contributed by atoms with Crippen molar-refractivity contribution in [1.82, 2.24) is 9.97 Å². The quantitative estimate of drug-likeness (QED) is 0.214. The van der Waals surface area contributed by atoms with Crippen LogP contribution in [0.5, 0.6) is 0 Å². The van der Waals surface area contributed by atoms with E-state index in [1.165, 1.54) is 16.2 Å². The normalized spacial score (nSPS) is 11.6. The SMILES string of the molecule is c1ccc2cc(N(c3ccc(-c4ccc5cccnc5c4)cc3)c3cnc4c(c3)oc3cc5ccccc5cc34)ccc2c1. The van der Waals surface area contributed by atoms with Gasteiger partial charge in [0.15, 0.2) is 5.58 Å². The minimum Gasteiger partial charge on any atom is -0.454 e. The molecule has 0 aliphatic heterocycles. The highest BCUT2D eigenvalue weighted by atomic mass is 16.3. The predicted molar refractivity (Wildman–Crippen MR) is 182 cm³/mol. The smallest absolute Gasteiger partial charge is 0.155 e. The van der Waals surface area contributed by atoms with E-state index < -0.39 is 0 Å². The fraction of sp³-hybridized carbons (Fsp3) is 0. The van der Waals surface area contributed by atoms with Crippen LogP contribution in [0.1, 0.15) is 0 Å². The van der Waals surface area contributed by atoms with Gasteiger partial charge in [0.25, 0.3) is 0 Å². The summed E-state index contributed by atoms with van der Waals surface area (Å²) in [4.78, 5) is 11.8. The number of rotatable bonds is 4. The maximum atomic E-state index is 6.41. The highest BCUT2D eigenvalue weighted by Gasteiger charge is 2.17. The van der Waals surface area contributed by atoms with Crippen LogP contribution in [0.3, 0.4) is 0 Å². The maximum Gasteiger partial charge on any atom is 0.155 e. The number of aromatic nitrogens is 2. The molecule has 0 spiro atoms. The fourth-order valence-electron chi connectivity index (χ4n) is 6.26. The molecule has 44 heavy (non-hydrogen) atoms. The first-order chi connectivity index (χ1) is 21.8. The Balaban J connectivity index is 1.19. The number of furan rings is 1. The molecule has 0 fully saturated rings. The number of hydrogen-bond acceptors (Lipinski definition) is 4. The molecule has 0 radical (unpaired) electrons. The zero-order chi connectivity index (χ0) is 29.0. The van der Waals surface area contributed by atoms with Gasteiger partial charge in [0.05, 0.1) is 17.4 Å². The second-order valence-electron chi connectivity index (χ2n) is 11.2. The van der Waals surface area contributed by atoms with E-state index in [1.807, 2.05) is 18.5 Å². The van der Waals surface area contributed by atoms with Gasteiger partial charge in [-0.1, -0.05) is 84.9 Å². The van der Waals surface area contributed by atoms with Gasteiger partial charge in [0.2, 0.25) is 0 Å². The van der Waals surface area contributed by atoms with Crippen molar-refractivity contribution in [3.8, 4) is 11.1 Å². The summed E-state index contributed by atoms with van der Waals surface area (Å²) >= 11 is 0. The Kier molecular flexibility index (Phi) is 5.47. The van der Waals surface area contributed by atoms with Crippen molar-refractivity contribution in [1.29, 1.82) is 0 Å². The molecule has 0 N–H and O–H groups in total. The zero-order valence-corrected chi connectivity index (χ0v) is 23.7. The summed E-state index contributed by atoms with van der Waals surface area (Å²) in [5, 5.41) is 6.87. The summed E-state index contributed by atoms with van der Waals surface area (Å²) in [6, 6.07) is 48.9. The molecular formula is C40H25N3O. The van der Waals surface area contributed by atoms with Crippen molar-refractivity contribution in [3.63, 3.8) is 0 Å². The molecule has 0 aliphatic rings. The molecule has 0 unspecified atom stereocenters. The van der Waals surface area contributed by atoms with Crippen LogP contribution in [0.2, 0.25) is 0 Å². The summed E-state index contributed by atoms with van der Waals surface area (Å²) in [7, 11) is 0. The number of pyridine rings is 2. The molecule has 0 aliphatic carbocycles. The van der Waals surface area contributed by atoms with Crippen molar-refractivity contribution in [2.24, 2.45) is 0 Å². The Morgan fingerprint density at radius 2 is 1.14 bits per heavy atom. The molecule has 3 heterocycles. The van der Waals surface area contributed by atoms with Gasteiger partial charge in [-0.05, 0) is 81.2 Å². The molecule has 4 nitrogen and oxygen atoms in total. The summed E-state index contributed by atoms with van der Waals surface area (Å²) in [5.74, 6) is 0. The summed E-state index contributed by atoms with van der Waals surface area (Å²) in [6.45, 7) is 0. The van der Waals surface area contributed by atoms with Gasteiger partial charge < -0.3 is 9.32 Å². The van der Waals surface area contributed by atoms with Crippen LogP contribution in [0.25, 0.3) is 65.6 Å². The molecule has 3 aromatic heterocycles. The molecule has 0 bridgehead atoms. The monoisotopic (exact) mass is 563 g/mol. The van der Waals surface area contributed by atoms with Gasteiger partial charge in [0, 0.05) is 34.4 Å². The van der Waals surface area contributed by atoms with E-state index in [1.54, 1.807) is 0 Å². The van der Waals surface area contributed by atoms with E-state index in [9.17, 15) is 0 Å². The molecule has 4 heteroatoms. The van der Waals surface area contributed by atoms with E-state index in [0.717, 1.165) is 66.5 Å². The van der Waals surface area contributed by atoms with Crippen LogP contribution in [-0.2, 0) is 0 Å². The molecule has 0 amide bonds. The second-order valence-corrected chi connectivity index (χ2v) is 11.2. The minimum atomic E-state index is 0.763. The lowest BCUT2D eigenvalue weighted by Gasteiger charge is -2.25. The van der Waals surface area contributed by atoms with E-state index in [4.69, 9.17) is 9.40 Å². The van der Waals surface area contributed by atoms with Crippen LogP contribution in [-0.4, -0.2) is 9.97 Å². The van der Waals surface area contributed by atoms with E-state index in [-0.39, 0.29) is 0 Å². The Bertz CT molecular complexity index is 2510. The second kappa shape index (κ2) is 9.79. The van der Waals surface area contributed by atoms with Gasteiger partial charge in [-0.25, -0.2) is 4.98 Å². The molecule has 0 saturated carbocycles. The average Bonchev–Trinajstić information content (AvgIpc) is 3.44. The summed E-state index contributed by atoms with van der Waals surface area (Å²) in [5.41, 5.74) is 8.75. The van der Waals surface area contributed by atoms with Crippen molar-refractivity contribution >= 4 is 71.6 Å². The molecule has 9 rings (SSSR count). The third-order valence-electron chi connectivity index (χ3n) is 8.48. The maximum absolute atomic E-state index is 6.41. The lowest BCUT2D eigenvalue weighted by molar-refractivity contribution is 0.668. The Morgan fingerprint density at radius 1 is 0.455 bits per heavy atom. The zero-order valence-electron chi connectivity index (χ0n) is 23.7. The highest BCUT2D eigenvalue weighted by molar-refractivity contribution is 6.09. The van der Waals surface area contributed by atoms with E-state index in [0.29, 0.717) is 0 Å². The molecule has 9 aromatic rings. The van der Waals surface area contributed by atoms with Crippen LogP contribution in [0.15, 0.2) is 156 Å². The number of hydrogen-bond donors (Lipinski definition) is 0. The predicted octanol–water partition coefficient (Wildman–Crippen LogP) is 11.0. The van der Waals surface area contributed by atoms with Crippen molar-refractivity contribution < 1.29 is 4.42 Å². The van der Waals surface area contributed by atoms with Gasteiger partial charge in [-0.15, -0.1) is 0 Å². The molecule has 0 atom stereocenters. The first-order valence-electron chi connectivity index (χ1n) is 14.7. The molecular weight excluding hydrogens is 538 g/mol. The van der Waals surface area contributed by atoms with E-state index >= 15 is 0 Å². The third-order valence-corrected chi connectivity index (χ3v) is 8.48. The van der Waals surface area contributed by atoms with Gasteiger partial charge in [-0.3, -0.25) is 4.98 Å². The summed E-state index contributed by atoms with van der Waals surface area (Å²) < 4.78 is 6.41. The number of anilines is 3.